The quantitative estimate of drug-likeness (QED) is 0.722. The monoisotopic (exact) mass is 390 g/mol. The molecule has 2 aromatic heterocycles. The zero-order chi connectivity index (χ0) is 20.2. The Morgan fingerprint density at radius 2 is 2.07 bits per heavy atom. The SMILES string of the molecule is COc1cccc2c(N3CCC(C(=O)NCc4cccnc4)CC3)cc(C)nc12. The van der Waals surface area contributed by atoms with Gasteiger partial charge in [0.25, 0.3) is 0 Å². The molecule has 1 amide bonds. The molecule has 1 fully saturated rings. The predicted octanol–water partition coefficient (Wildman–Crippen LogP) is 3.48. The highest BCUT2D eigenvalue weighted by Crippen LogP contribution is 2.34. The normalized spacial score (nSPS) is 14.8. The van der Waals surface area contributed by atoms with Gasteiger partial charge in [0.1, 0.15) is 11.3 Å². The summed E-state index contributed by atoms with van der Waals surface area (Å²) in [5.74, 6) is 0.967. The lowest BCUT2D eigenvalue weighted by Crippen LogP contribution is -2.40. The van der Waals surface area contributed by atoms with E-state index in [0.717, 1.165) is 53.8 Å². The van der Waals surface area contributed by atoms with Gasteiger partial charge in [0, 0.05) is 54.7 Å². The van der Waals surface area contributed by atoms with Crippen molar-refractivity contribution >= 4 is 22.5 Å². The van der Waals surface area contributed by atoms with Crippen LogP contribution in [0.15, 0.2) is 48.8 Å². The van der Waals surface area contributed by atoms with Crippen LogP contribution >= 0.6 is 0 Å². The van der Waals surface area contributed by atoms with E-state index in [4.69, 9.17) is 4.74 Å². The van der Waals surface area contributed by atoms with E-state index in [1.807, 2.05) is 31.2 Å². The van der Waals surface area contributed by atoms with Gasteiger partial charge >= 0.3 is 0 Å². The molecule has 1 aliphatic rings. The lowest BCUT2D eigenvalue weighted by molar-refractivity contribution is -0.125. The predicted molar refractivity (Wildman–Crippen MR) is 114 cm³/mol. The van der Waals surface area contributed by atoms with Crippen molar-refractivity contribution < 1.29 is 9.53 Å². The Morgan fingerprint density at radius 1 is 1.24 bits per heavy atom. The van der Waals surface area contributed by atoms with E-state index in [9.17, 15) is 4.79 Å². The molecule has 0 unspecified atom stereocenters. The third-order valence-electron chi connectivity index (χ3n) is 5.52. The standard InChI is InChI=1S/C23H26N4O2/c1-16-13-20(19-6-3-7-21(29-2)22(19)26-16)27-11-8-18(9-12-27)23(28)25-15-17-5-4-10-24-14-17/h3-7,10,13-14,18H,8-9,11-12,15H2,1-2H3,(H,25,28). The zero-order valence-corrected chi connectivity index (χ0v) is 16.9. The molecule has 1 N–H and O–H groups in total. The van der Waals surface area contributed by atoms with Gasteiger partial charge in [0.05, 0.1) is 7.11 Å². The second kappa shape index (κ2) is 8.47. The van der Waals surface area contributed by atoms with E-state index < -0.39 is 0 Å². The number of rotatable bonds is 5. The molecule has 0 radical (unpaired) electrons. The van der Waals surface area contributed by atoms with Crippen LogP contribution in [0, 0.1) is 12.8 Å². The van der Waals surface area contributed by atoms with Crippen LogP contribution in [-0.4, -0.2) is 36.1 Å². The van der Waals surface area contributed by atoms with Crippen LogP contribution in [0.5, 0.6) is 5.75 Å². The number of carbonyl (C=O) groups is 1. The maximum atomic E-state index is 12.6. The number of hydrogen-bond acceptors (Lipinski definition) is 5. The summed E-state index contributed by atoms with van der Waals surface area (Å²) in [5, 5.41) is 4.15. The Labute approximate surface area is 170 Å². The Bertz CT molecular complexity index is 998. The molecule has 1 aliphatic heterocycles. The number of piperidine rings is 1. The Balaban J connectivity index is 1.44. The molecule has 0 saturated carbocycles. The van der Waals surface area contributed by atoms with Crippen LogP contribution in [0.2, 0.25) is 0 Å². The summed E-state index contributed by atoms with van der Waals surface area (Å²) in [6.45, 7) is 4.23. The number of carbonyl (C=O) groups excluding carboxylic acids is 1. The first-order valence-electron chi connectivity index (χ1n) is 10.0. The molecule has 29 heavy (non-hydrogen) atoms. The van der Waals surface area contributed by atoms with Crippen molar-refractivity contribution in [1.82, 2.24) is 15.3 Å². The fourth-order valence-corrected chi connectivity index (χ4v) is 3.97. The minimum atomic E-state index is 0.0478. The minimum Gasteiger partial charge on any atom is -0.494 e. The number of methoxy groups -OCH3 is 1. The average Bonchev–Trinajstić information content (AvgIpc) is 2.77. The second-order valence-electron chi connectivity index (χ2n) is 7.48. The summed E-state index contributed by atoms with van der Waals surface area (Å²) < 4.78 is 5.50. The maximum absolute atomic E-state index is 12.6. The summed E-state index contributed by atoms with van der Waals surface area (Å²) >= 11 is 0. The number of amides is 1. The molecule has 0 atom stereocenters. The number of anilines is 1. The fraction of sp³-hybridized carbons (Fsp3) is 0.348. The van der Waals surface area contributed by atoms with Crippen molar-refractivity contribution in [2.75, 3.05) is 25.1 Å². The van der Waals surface area contributed by atoms with Crippen molar-refractivity contribution in [2.24, 2.45) is 5.92 Å². The van der Waals surface area contributed by atoms with E-state index >= 15 is 0 Å². The highest BCUT2D eigenvalue weighted by atomic mass is 16.5. The number of fused-ring (bicyclic) bond motifs is 1. The Hall–Kier alpha value is -3.15. The van der Waals surface area contributed by atoms with Gasteiger partial charge in [0.15, 0.2) is 0 Å². The summed E-state index contributed by atoms with van der Waals surface area (Å²) in [6.07, 6.45) is 5.20. The number of nitrogens with one attached hydrogen (secondary N) is 1. The van der Waals surface area contributed by atoms with Gasteiger partial charge in [-0.2, -0.15) is 0 Å². The van der Waals surface area contributed by atoms with Gasteiger partial charge < -0.3 is 15.0 Å². The molecule has 3 heterocycles. The number of para-hydroxylation sites is 1. The lowest BCUT2D eigenvalue weighted by atomic mass is 9.95. The number of pyridine rings is 2. The van der Waals surface area contributed by atoms with Crippen LogP contribution < -0.4 is 15.0 Å². The van der Waals surface area contributed by atoms with E-state index in [2.05, 4.69) is 32.3 Å². The number of aryl methyl sites for hydroxylation is 1. The molecule has 3 aromatic rings. The topological polar surface area (TPSA) is 67.3 Å². The van der Waals surface area contributed by atoms with Crippen LogP contribution in [0.1, 0.15) is 24.1 Å². The first kappa shape index (κ1) is 19.2. The van der Waals surface area contributed by atoms with E-state index in [1.165, 1.54) is 5.69 Å². The molecule has 1 saturated heterocycles. The average molecular weight is 390 g/mol. The highest BCUT2D eigenvalue weighted by molar-refractivity contribution is 5.95. The van der Waals surface area contributed by atoms with Crippen molar-refractivity contribution in [1.29, 1.82) is 0 Å². The zero-order valence-electron chi connectivity index (χ0n) is 16.9. The summed E-state index contributed by atoms with van der Waals surface area (Å²) in [5.41, 5.74) is 4.04. The van der Waals surface area contributed by atoms with Gasteiger partial charge in [-0.05, 0) is 43.5 Å². The smallest absolute Gasteiger partial charge is 0.223 e. The Morgan fingerprint density at radius 3 is 2.79 bits per heavy atom. The third-order valence-corrected chi connectivity index (χ3v) is 5.52. The number of hydrogen-bond donors (Lipinski definition) is 1. The fourth-order valence-electron chi connectivity index (χ4n) is 3.97. The first-order chi connectivity index (χ1) is 14.2. The molecule has 150 valence electrons. The molecular formula is C23H26N4O2. The lowest BCUT2D eigenvalue weighted by Gasteiger charge is -2.34. The van der Waals surface area contributed by atoms with Crippen molar-refractivity contribution in [3.63, 3.8) is 0 Å². The molecule has 4 rings (SSSR count). The van der Waals surface area contributed by atoms with Crippen molar-refractivity contribution in [2.45, 2.75) is 26.3 Å². The maximum Gasteiger partial charge on any atom is 0.223 e. The van der Waals surface area contributed by atoms with Gasteiger partial charge in [0.2, 0.25) is 5.91 Å². The first-order valence-corrected chi connectivity index (χ1v) is 10.0. The third kappa shape index (κ3) is 4.16. The molecule has 0 aliphatic carbocycles. The van der Waals surface area contributed by atoms with E-state index in [1.54, 1.807) is 19.5 Å². The molecule has 6 heteroatoms. The molecule has 0 spiro atoms. The summed E-state index contributed by atoms with van der Waals surface area (Å²) in [4.78, 5) is 23.7. The molecule has 6 nitrogen and oxygen atoms in total. The van der Waals surface area contributed by atoms with Gasteiger partial charge in [-0.1, -0.05) is 18.2 Å². The summed E-state index contributed by atoms with van der Waals surface area (Å²) in [7, 11) is 1.67. The minimum absolute atomic E-state index is 0.0478. The number of nitrogens with zero attached hydrogens (tertiary/aromatic N) is 3. The van der Waals surface area contributed by atoms with Crippen molar-refractivity contribution in [3.05, 3.63) is 60.0 Å². The molecule has 1 aromatic carbocycles. The van der Waals surface area contributed by atoms with Crippen LogP contribution in [-0.2, 0) is 11.3 Å². The van der Waals surface area contributed by atoms with E-state index in [-0.39, 0.29) is 11.8 Å². The van der Waals surface area contributed by atoms with Gasteiger partial charge in [-0.15, -0.1) is 0 Å². The second-order valence-corrected chi connectivity index (χ2v) is 7.48. The van der Waals surface area contributed by atoms with E-state index in [0.29, 0.717) is 6.54 Å². The van der Waals surface area contributed by atoms with Crippen LogP contribution in [0.25, 0.3) is 10.9 Å². The van der Waals surface area contributed by atoms with Gasteiger partial charge in [-0.25, -0.2) is 4.98 Å². The number of benzene rings is 1. The van der Waals surface area contributed by atoms with Crippen LogP contribution in [0.3, 0.4) is 0 Å². The molecular weight excluding hydrogens is 364 g/mol. The Kier molecular flexibility index (Phi) is 5.60. The number of aromatic nitrogens is 2. The number of ether oxygens (including phenoxy) is 1. The molecule has 0 bridgehead atoms. The van der Waals surface area contributed by atoms with Gasteiger partial charge in [-0.3, -0.25) is 9.78 Å². The summed E-state index contributed by atoms with van der Waals surface area (Å²) in [6, 6.07) is 12.0. The van der Waals surface area contributed by atoms with Crippen molar-refractivity contribution in [3.8, 4) is 5.75 Å². The largest absolute Gasteiger partial charge is 0.494 e. The highest BCUT2D eigenvalue weighted by Gasteiger charge is 2.26. The van der Waals surface area contributed by atoms with Crippen LogP contribution in [0.4, 0.5) is 5.69 Å².